The third-order valence-electron chi connectivity index (χ3n) is 17.3. The molecule has 0 saturated carbocycles. The van der Waals surface area contributed by atoms with Gasteiger partial charge in [0.2, 0.25) is 11.8 Å². The molecule has 0 aliphatic heterocycles. The summed E-state index contributed by atoms with van der Waals surface area (Å²) in [5.41, 5.74) is 8.07. The van der Waals surface area contributed by atoms with Crippen molar-refractivity contribution in [3.63, 3.8) is 0 Å². The summed E-state index contributed by atoms with van der Waals surface area (Å²) in [5, 5.41) is 57.8. The molecule has 5 amide bonds. The summed E-state index contributed by atoms with van der Waals surface area (Å²) in [5.74, 6) is 1.23. The molecule has 31 heteroatoms. The van der Waals surface area contributed by atoms with E-state index in [9.17, 15) is 69.2 Å². The number of methoxy groups -OCH3 is 6. The highest BCUT2D eigenvalue weighted by Crippen LogP contribution is 2.32. The molecule has 31 nitrogen and oxygen atoms in total. The Morgan fingerprint density at radius 3 is 1.02 bits per heavy atom. The van der Waals surface area contributed by atoms with Gasteiger partial charge in [-0.25, -0.2) is 4.98 Å². The minimum absolute atomic E-state index is 0.105. The van der Waals surface area contributed by atoms with Crippen LogP contribution in [0.2, 0.25) is 0 Å². The maximum absolute atomic E-state index is 12.1. The molecule has 1 heterocycles. The van der Waals surface area contributed by atoms with Gasteiger partial charge in [0.25, 0.3) is 35.0 Å². The number of nitrogens with zero attached hydrogens (tertiary/aromatic N) is 6. The number of nitro benzene ring substituents is 4. The summed E-state index contributed by atoms with van der Waals surface area (Å²) in [6.45, 7) is 5.04. The number of hydrogen-bond acceptors (Lipinski definition) is 21. The first-order chi connectivity index (χ1) is 61.2. The van der Waals surface area contributed by atoms with Crippen LogP contribution in [0, 0.1) is 40.5 Å². The number of imidazole rings is 1. The fraction of sp³-hybridized carbons (Fsp3) is 0.0938. The molecule has 0 radical (unpaired) electrons. The van der Waals surface area contributed by atoms with Crippen molar-refractivity contribution in [3.05, 3.63) is 400 Å². The fourth-order valence-electron chi connectivity index (χ4n) is 10.8. The largest absolute Gasteiger partial charge is 0.497 e. The molecule has 127 heavy (non-hydrogen) atoms. The minimum atomic E-state index is -0.528. The van der Waals surface area contributed by atoms with Gasteiger partial charge in [0.15, 0.2) is 11.5 Å². The Balaban J connectivity index is 0.000000209. The third kappa shape index (κ3) is 33.2. The molecular weight excluding hydrogens is 1630 g/mol. The van der Waals surface area contributed by atoms with E-state index in [1.54, 1.807) is 151 Å². The standard InChI is InChI=1S/2C17H16N2O4.C17H17NO2.2C16H14N2O4.C13H12N2O2/c1-12(17(20)18-14-6-4-3-5-7-14)10-13-8-9-15(23-2)11-16(13)19(21)22;1-12(17(20)18-14-6-4-3-5-7-14)10-13-8-9-16(23-2)15(11-13)19(21)22;1-13(12-14-8-10-16(20-2)11-9-14)17(19)18-15-6-4-3-5-7-15;1-22-14-9-7-12(15(11-14)18(20)21)8-10-16(19)17-13-5-3-2-4-6-13;1-22-15-9-7-12(11-14(15)18(20)21)8-10-16(19)17-13-5-3-2-4-6-13;1-17-12-5-2-11(3-6-12)4-7-13(16)15-9-8-14-10-15/h2*3-11H,1-2H3,(H,18,20);3-12H,1-2H3,(H,18,19);2*2-11H,1H3,(H,17,19);2-10H,1H3/b2*12-10+;13-12+;2*10-8+;7-4+. The third-order valence-corrected chi connectivity index (χ3v) is 17.3. The number of benzene rings is 11. The molecule has 0 bridgehead atoms. The summed E-state index contributed by atoms with van der Waals surface area (Å²) < 4.78 is 31.4. The van der Waals surface area contributed by atoms with Crippen LogP contribution in [0.5, 0.6) is 34.5 Å². The van der Waals surface area contributed by atoms with E-state index in [0.29, 0.717) is 73.2 Å². The predicted octanol–water partition coefficient (Wildman–Crippen LogP) is 19.8. The van der Waals surface area contributed by atoms with E-state index in [4.69, 9.17) is 28.4 Å². The zero-order valence-corrected chi connectivity index (χ0v) is 70.3. The molecule has 0 unspecified atom stereocenters. The van der Waals surface area contributed by atoms with Crippen LogP contribution < -0.4 is 55.0 Å². The SMILES string of the molecule is COc1ccc(/C=C(\C)C(=O)Nc2ccccc2)c([N+](=O)[O-])c1.COc1ccc(/C=C(\C)C(=O)Nc2ccccc2)cc1.COc1ccc(/C=C(\C)C(=O)Nc2ccccc2)cc1[N+](=O)[O-].COc1ccc(/C=C/C(=O)Nc2ccccc2)c([N+](=O)[O-])c1.COc1ccc(/C=C/C(=O)Nc2ccccc2)cc1[N+](=O)[O-].COc1ccc(/C=C/C(=O)n2ccnc2)cc1. The number of nitro groups is 4. The maximum atomic E-state index is 12.1. The van der Waals surface area contributed by atoms with Gasteiger partial charge >= 0.3 is 11.4 Å². The van der Waals surface area contributed by atoms with Gasteiger partial charge < -0.3 is 55.0 Å². The highest BCUT2D eigenvalue weighted by Gasteiger charge is 2.20. The normalized spacial score (nSPS) is 10.7. The summed E-state index contributed by atoms with van der Waals surface area (Å²) in [6.07, 6.45) is 18.3. The second kappa shape index (κ2) is 51.2. The van der Waals surface area contributed by atoms with E-state index >= 15 is 0 Å². The first kappa shape index (κ1) is 96.6. The predicted molar refractivity (Wildman–Crippen MR) is 491 cm³/mol. The summed E-state index contributed by atoms with van der Waals surface area (Å²) in [7, 11) is 8.85. The highest BCUT2D eigenvalue weighted by molar-refractivity contribution is 6.08. The summed E-state index contributed by atoms with van der Waals surface area (Å²) in [4.78, 5) is 117. The zero-order valence-electron chi connectivity index (χ0n) is 70.3. The van der Waals surface area contributed by atoms with Gasteiger partial charge in [0.1, 0.15) is 29.3 Å². The van der Waals surface area contributed by atoms with E-state index in [-0.39, 0.29) is 69.7 Å². The van der Waals surface area contributed by atoms with Crippen molar-refractivity contribution >= 4 is 123 Å². The number of carbonyl (C=O) groups is 6. The number of para-hydroxylation sites is 5. The van der Waals surface area contributed by atoms with Gasteiger partial charge in [-0.1, -0.05) is 127 Å². The van der Waals surface area contributed by atoms with Crippen molar-refractivity contribution in [2.75, 3.05) is 69.2 Å². The van der Waals surface area contributed by atoms with Gasteiger partial charge in [0.05, 0.1) is 85.6 Å². The fourth-order valence-corrected chi connectivity index (χ4v) is 10.8. The topological polar surface area (TPSA) is 408 Å². The molecule has 0 saturated heterocycles. The van der Waals surface area contributed by atoms with Gasteiger partial charge in [-0.05, 0) is 201 Å². The molecule has 5 N–H and O–H groups in total. The molecule has 0 fully saturated rings. The number of nitrogens with one attached hydrogen (secondary N) is 5. The van der Waals surface area contributed by atoms with Crippen LogP contribution in [-0.2, 0) is 24.0 Å². The molecule has 0 aliphatic rings. The number of amides is 5. The van der Waals surface area contributed by atoms with Crippen LogP contribution in [-0.4, -0.2) is 107 Å². The van der Waals surface area contributed by atoms with Gasteiger partial charge in [0, 0.05) is 87.9 Å². The Hall–Kier alpha value is -17.5. The van der Waals surface area contributed by atoms with Crippen LogP contribution in [0.3, 0.4) is 0 Å². The summed E-state index contributed by atoms with van der Waals surface area (Å²) in [6, 6.07) is 78.4. The average molecular weight is 1720 g/mol. The number of anilines is 5. The molecular formula is C96H89N11O20. The number of aromatic nitrogens is 2. The molecule has 11 aromatic carbocycles. The molecule has 12 aromatic rings. The molecule has 12 rings (SSSR count). The van der Waals surface area contributed by atoms with Crippen LogP contribution in [0.25, 0.3) is 36.5 Å². The number of carbonyl (C=O) groups excluding carboxylic acids is 6. The van der Waals surface area contributed by atoms with Crippen molar-refractivity contribution in [2.45, 2.75) is 20.8 Å². The van der Waals surface area contributed by atoms with E-state index in [1.807, 2.05) is 146 Å². The highest BCUT2D eigenvalue weighted by atomic mass is 16.6. The Labute approximate surface area is 730 Å². The van der Waals surface area contributed by atoms with E-state index in [0.717, 1.165) is 28.3 Å². The number of rotatable bonds is 27. The molecule has 0 spiro atoms. The van der Waals surface area contributed by atoms with E-state index in [2.05, 4.69) is 31.6 Å². The lowest BCUT2D eigenvalue weighted by atomic mass is 10.1. The quantitative estimate of drug-likeness (QED) is 0.0181. The smallest absolute Gasteiger partial charge is 0.311 e. The minimum Gasteiger partial charge on any atom is -0.497 e. The lowest BCUT2D eigenvalue weighted by molar-refractivity contribution is -0.385. The molecule has 648 valence electrons. The molecule has 0 atom stereocenters. The van der Waals surface area contributed by atoms with Crippen molar-refractivity contribution in [1.82, 2.24) is 9.55 Å². The van der Waals surface area contributed by atoms with Crippen molar-refractivity contribution in [3.8, 4) is 34.5 Å². The Morgan fingerprint density at radius 1 is 0.323 bits per heavy atom. The molecule has 1 aromatic heterocycles. The van der Waals surface area contributed by atoms with Crippen molar-refractivity contribution < 1.29 is 76.9 Å². The van der Waals surface area contributed by atoms with Gasteiger partial charge in [-0.3, -0.25) is 73.8 Å². The maximum Gasteiger partial charge on any atom is 0.311 e. The van der Waals surface area contributed by atoms with Crippen LogP contribution in [0.4, 0.5) is 51.2 Å². The first-order valence-corrected chi connectivity index (χ1v) is 38.2. The number of allylic oxidation sites excluding steroid dienone is 1. The van der Waals surface area contributed by atoms with E-state index in [1.165, 1.54) is 118 Å². The number of hydrogen-bond donors (Lipinski definition) is 5. The lowest BCUT2D eigenvalue weighted by Gasteiger charge is -2.06. The van der Waals surface area contributed by atoms with Crippen LogP contribution in [0.15, 0.2) is 327 Å². The Kier molecular flexibility index (Phi) is 38.9. The number of ether oxygens (including phenoxy) is 6. The zero-order chi connectivity index (χ0) is 92.0. The van der Waals surface area contributed by atoms with E-state index < -0.39 is 19.7 Å². The van der Waals surface area contributed by atoms with Gasteiger partial charge in [-0.2, -0.15) is 0 Å². The second-order valence-electron chi connectivity index (χ2n) is 26.2. The molecule has 0 aliphatic carbocycles. The Bertz CT molecular complexity index is 5920. The van der Waals surface area contributed by atoms with Crippen LogP contribution >= 0.6 is 0 Å². The monoisotopic (exact) mass is 1720 g/mol. The average Bonchev–Trinajstić information content (AvgIpc) is 0.864. The lowest BCUT2D eigenvalue weighted by Crippen LogP contribution is -2.12. The van der Waals surface area contributed by atoms with Gasteiger partial charge in [-0.15, -0.1) is 0 Å². The van der Waals surface area contributed by atoms with Crippen molar-refractivity contribution in [2.24, 2.45) is 0 Å². The van der Waals surface area contributed by atoms with Crippen molar-refractivity contribution in [1.29, 1.82) is 0 Å². The Morgan fingerprint density at radius 2 is 0.646 bits per heavy atom. The summed E-state index contributed by atoms with van der Waals surface area (Å²) >= 11 is 0. The van der Waals surface area contributed by atoms with Crippen LogP contribution in [0.1, 0.15) is 58.9 Å². The first-order valence-electron chi connectivity index (χ1n) is 38.2. The second-order valence-corrected chi connectivity index (χ2v) is 26.2.